The number of aliphatic imine (C=N–C) groups is 1. The largest absolute Gasteiger partial charge is 0.507 e. The molecule has 5 unspecified atom stereocenters. The molecular formula is C42H45N6O8S2+. The van der Waals surface area contributed by atoms with Gasteiger partial charge in [-0.25, -0.2) is 14.8 Å². The number of epoxide rings is 1. The van der Waals surface area contributed by atoms with Gasteiger partial charge in [0.15, 0.2) is 11.0 Å². The topological polar surface area (TPSA) is 213 Å². The Kier molecular flexibility index (Phi) is 10.0. The van der Waals surface area contributed by atoms with E-state index in [2.05, 4.69) is 17.3 Å². The van der Waals surface area contributed by atoms with E-state index in [1.807, 2.05) is 31.3 Å². The molecule has 16 heteroatoms. The number of nitrogens with one attached hydrogen (secondary N) is 1. The number of quaternary nitrogens is 1. The molecule has 0 aliphatic carbocycles. The van der Waals surface area contributed by atoms with E-state index >= 15 is 0 Å². The number of ether oxygens (including phenoxy) is 3. The lowest BCUT2D eigenvalue weighted by atomic mass is 9.86. The minimum Gasteiger partial charge on any atom is -0.507 e. The van der Waals surface area contributed by atoms with Crippen LogP contribution >= 0.6 is 21.6 Å². The number of aryl methyl sites for hydroxylation is 2. The van der Waals surface area contributed by atoms with Gasteiger partial charge in [-0.3, -0.25) is 14.7 Å². The van der Waals surface area contributed by atoms with Gasteiger partial charge in [0.1, 0.15) is 76.6 Å². The standard InChI is InChI=1S/C42H44N6O8S2/c1-22-12-31(50)37-33(53-22)17-32-27(38(37)51)16-35-41(2,55-32)8-11-57-58-21-28-26(15-25(46-39(28)44)19-48-18-24-6-9-45-30(24)20-48)29-13-23(14-36(43)47-29)4-5-34-42(56-34,7-3-10-49)40(52)54-35/h6,9,12-15,17-18,34-35,49,51H,3-5,7-8,10-11,16,19-21H2,1-2H3,(H2,43,47)(H2,44,46)/p+1. The number of allylic oxidation sites excluding steroid dienone is 1. The van der Waals surface area contributed by atoms with Gasteiger partial charge in [-0.15, -0.1) is 0 Å². The first-order valence-electron chi connectivity index (χ1n) is 19.5. The summed E-state index contributed by atoms with van der Waals surface area (Å²) >= 11 is 0. The zero-order valence-electron chi connectivity index (χ0n) is 32.2. The van der Waals surface area contributed by atoms with Crippen molar-refractivity contribution in [3.63, 3.8) is 0 Å². The number of carbonyl (C=O) groups is 1. The summed E-state index contributed by atoms with van der Waals surface area (Å²) in [5.41, 5.74) is 17.5. The van der Waals surface area contributed by atoms with Crippen molar-refractivity contribution in [3.8, 4) is 22.8 Å². The monoisotopic (exact) mass is 825 g/mol. The number of nitrogens with two attached hydrogens (primary N) is 2. The number of hydrogen-bond acceptors (Lipinski definition) is 15. The van der Waals surface area contributed by atoms with Crippen LogP contribution in [0.4, 0.5) is 11.6 Å². The average molecular weight is 826 g/mol. The normalized spacial score (nSPS) is 26.5. The molecule has 8 heterocycles. The van der Waals surface area contributed by atoms with Crippen LogP contribution < -0.4 is 26.5 Å². The van der Waals surface area contributed by atoms with Crippen molar-refractivity contribution in [2.75, 3.05) is 30.4 Å². The number of esters is 1. The highest BCUT2D eigenvalue weighted by Crippen LogP contribution is 2.49. The Morgan fingerprint density at radius 1 is 1.07 bits per heavy atom. The molecule has 2 bridgehead atoms. The van der Waals surface area contributed by atoms with E-state index in [9.17, 15) is 19.8 Å². The van der Waals surface area contributed by atoms with Gasteiger partial charge in [0.25, 0.3) is 0 Å². The smallest absolute Gasteiger partial charge is 0.341 e. The molecule has 3 aromatic heterocycles. The van der Waals surface area contributed by atoms with Crippen LogP contribution in [0.5, 0.6) is 11.5 Å². The van der Waals surface area contributed by atoms with Gasteiger partial charge in [-0.05, 0) is 69.4 Å². The molecule has 1 aromatic carbocycles. The SMILES string of the molecule is Cc1cc(=O)c2c(O)c3c(cc2o1)OC1(C)CCSSCc2c(cc(C[NH+]4C=C5C=CN=C5C4)nc2N)-c2cc(cc(N)n2)CCC2OC2(CCCO)C(=O)OC1C3. The molecule has 4 aromatic rings. The fraction of sp³-hybridized carbons (Fsp3) is 0.405. The van der Waals surface area contributed by atoms with Gasteiger partial charge in [0.05, 0.1) is 23.1 Å². The molecule has 302 valence electrons. The van der Waals surface area contributed by atoms with Gasteiger partial charge in [-0.1, -0.05) is 21.6 Å². The van der Waals surface area contributed by atoms with E-state index in [0.717, 1.165) is 40.2 Å². The van der Waals surface area contributed by atoms with E-state index < -0.39 is 29.4 Å². The average Bonchev–Trinajstić information content (AvgIpc) is 3.49. The molecule has 14 nitrogen and oxygen atoms in total. The maximum Gasteiger partial charge on any atom is 0.341 e. The van der Waals surface area contributed by atoms with Crippen LogP contribution in [0.1, 0.15) is 60.8 Å². The summed E-state index contributed by atoms with van der Waals surface area (Å²) in [6.45, 7) is 4.84. The van der Waals surface area contributed by atoms with E-state index in [-0.39, 0.29) is 41.6 Å². The van der Waals surface area contributed by atoms with E-state index in [1.54, 1.807) is 34.6 Å². The van der Waals surface area contributed by atoms with E-state index in [1.165, 1.54) is 11.0 Å². The molecule has 5 aliphatic heterocycles. The fourth-order valence-corrected chi connectivity index (χ4v) is 10.9. The zero-order valence-corrected chi connectivity index (χ0v) is 33.8. The van der Waals surface area contributed by atoms with Gasteiger partial charge in [-0.2, -0.15) is 0 Å². The lowest BCUT2D eigenvalue weighted by molar-refractivity contribution is -0.848. The Bertz CT molecular complexity index is 2510. The number of carbonyl (C=O) groups excluding carboxylic acids is 1. The number of pyridine rings is 2. The second kappa shape index (κ2) is 15.1. The number of anilines is 2. The summed E-state index contributed by atoms with van der Waals surface area (Å²) < 4.78 is 25.1. The van der Waals surface area contributed by atoms with Crippen molar-refractivity contribution in [3.05, 3.63) is 92.7 Å². The van der Waals surface area contributed by atoms with E-state index in [4.69, 9.17) is 40.1 Å². The van der Waals surface area contributed by atoms with Crippen molar-refractivity contribution >= 4 is 55.9 Å². The quantitative estimate of drug-likeness (QED) is 0.109. The van der Waals surface area contributed by atoms with Crippen molar-refractivity contribution < 1.29 is 38.5 Å². The summed E-state index contributed by atoms with van der Waals surface area (Å²) in [5.74, 6) is 1.90. The Labute approximate surface area is 342 Å². The lowest BCUT2D eigenvalue weighted by Crippen LogP contribution is -3.05. The maximum atomic E-state index is 14.3. The minimum absolute atomic E-state index is 0.0467. The highest BCUT2D eigenvalue weighted by atomic mass is 33.1. The number of phenolic OH excluding ortho intramolecular Hbond substituents is 1. The van der Waals surface area contributed by atoms with Crippen LogP contribution in [0.3, 0.4) is 0 Å². The zero-order chi connectivity index (χ0) is 40.3. The highest BCUT2D eigenvalue weighted by Gasteiger charge is 2.63. The summed E-state index contributed by atoms with van der Waals surface area (Å²) in [6, 6.07) is 8.88. The summed E-state index contributed by atoms with van der Waals surface area (Å²) in [4.78, 5) is 42.6. The summed E-state index contributed by atoms with van der Waals surface area (Å²) in [5, 5.41) is 21.3. The predicted octanol–water partition coefficient (Wildman–Crippen LogP) is 4.11. The lowest BCUT2D eigenvalue weighted by Gasteiger charge is -2.42. The Hall–Kier alpha value is -4.87. The number of nitrogens with zero attached hydrogens (tertiary/aromatic N) is 3. The molecule has 0 amide bonds. The molecule has 7 N–H and O–H groups in total. The number of nitrogen functional groups attached to an aromatic ring is 2. The van der Waals surface area contributed by atoms with E-state index in [0.29, 0.717) is 78.1 Å². The number of aromatic nitrogens is 2. The molecule has 0 radical (unpaired) electrons. The molecule has 1 fully saturated rings. The maximum absolute atomic E-state index is 14.3. The first-order chi connectivity index (χ1) is 27.9. The number of fused-ring (bicyclic) bond motifs is 9. The first kappa shape index (κ1) is 38.6. The molecule has 58 heavy (non-hydrogen) atoms. The molecular weight excluding hydrogens is 781 g/mol. The molecule has 9 rings (SSSR count). The predicted molar refractivity (Wildman–Crippen MR) is 223 cm³/mol. The van der Waals surface area contributed by atoms with Gasteiger partial charge in [0.2, 0.25) is 0 Å². The summed E-state index contributed by atoms with van der Waals surface area (Å²) in [6.07, 6.45) is 6.90. The fourth-order valence-electron chi connectivity index (χ4n) is 8.61. The second-order valence-electron chi connectivity index (χ2n) is 15.8. The number of aromatic hydroxyl groups is 1. The second-order valence-corrected chi connectivity index (χ2v) is 18.4. The van der Waals surface area contributed by atoms with Gasteiger partial charge >= 0.3 is 5.97 Å². The number of phenols is 1. The van der Waals surface area contributed by atoms with Crippen molar-refractivity contribution in [2.45, 2.75) is 88.1 Å². The number of aliphatic hydroxyl groups excluding tert-OH is 1. The van der Waals surface area contributed by atoms with Crippen LogP contribution in [0.15, 0.2) is 68.6 Å². The van der Waals surface area contributed by atoms with Crippen LogP contribution in [-0.2, 0) is 39.4 Å². The number of benzene rings is 1. The molecule has 0 saturated carbocycles. The minimum atomic E-state index is -1.26. The number of hydrogen-bond donors (Lipinski definition) is 5. The van der Waals surface area contributed by atoms with Crippen LogP contribution in [0.2, 0.25) is 0 Å². The van der Waals surface area contributed by atoms with Gasteiger partial charge in [0, 0.05) is 66.0 Å². The highest BCUT2D eigenvalue weighted by molar-refractivity contribution is 8.76. The Morgan fingerprint density at radius 3 is 2.76 bits per heavy atom. The van der Waals surface area contributed by atoms with Crippen LogP contribution in [-0.4, -0.2) is 74.2 Å². The summed E-state index contributed by atoms with van der Waals surface area (Å²) in [7, 11) is 3.25. The Morgan fingerprint density at radius 2 is 1.93 bits per heavy atom. The first-order valence-corrected chi connectivity index (χ1v) is 22.0. The third kappa shape index (κ3) is 7.14. The van der Waals surface area contributed by atoms with Crippen molar-refractivity contribution in [1.29, 1.82) is 0 Å². The van der Waals surface area contributed by atoms with Crippen molar-refractivity contribution in [2.24, 2.45) is 4.99 Å². The number of aliphatic hydroxyl groups is 1. The third-order valence-corrected chi connectivity index (χ3v) is 14.0. The van der Waals surface area contributed by atoms with Gasteiger partial charge < -0.3 is 40.3 Å². The molecule has 1 saturated heterocycles. The molecule has 5 aliphatic rings. The molecule has 5 atom stereocenters. The van der Waals surface area contributed by atoms with Crippen molar-refractivity contribution in [1.82, 2.24) is 9.97 Å². The Balaban J connectivity index is 1.06. The third-order valence-electron chi connectivity index (χ3n) is 11.7. The van der Waals surface area contributed by atoms with Crippen LogP contribution in [0, 0.1) is 6.92 Å². The molecule has 0 spiro atoms. The van der Waals surface area contributed by atoms with Crippen LogP contribution in [0.25, 0.3) is 22.2 Å². The number of rotatable bonds is 5.